The summed E-state index contributed by atoms with van der Waals surface area (Å²) in [6.45, 7) is 3.67. The Morgan fingerprint density at radius 1 is 1.22 bits per heavy atom. The Morgan fingerprint density at radius 3 is 2.33 bits per heavy atom. The van der Waals surface area contributed by atoms with Crippen LogP contribution < -0.4 is 0 Å². The predicted molar refractivity (Wildman–Crippen MR) is 40.9 cm³/mol. The highest BCUT2D eigenvalue weighted by Gasteiger charge is 1.92. The monoisotopic (exact) mass is 159 g/mol. The Balaban J connectivity index is 3.17. The van der Waals surface area contributed by atoms with Crippen molar-refractivity contribution >= 4 is 23.2 Å². The average Bonchev–Trinajstić information content (AvgIpc) is 1.80. The summed E-state index contributed by atoms with van der Waals surface area (Å²) in [5.74, 6) is 0. The van der Waals surface area contributed by atoms with Crippen molar-refractivity contribution in [3.63, 3.8) is 0 Å². The number of hydrogen-bond donors (Lipinski definition) is 0. The molecule has 0 aliphatic heterocycles. The zero-order valence-electron chi connectivity index (χ0n) is 4.70. The molecule has 9 heavy (non-hydrogen) atoms. The van der Waals surface area contributed by atoms with Crippen LogP contribution in [0.1, 0.15) is 5.56 Å². The maximum atomic E-state index is 5.67. The van der Waals surface area contributed by atoms with E-state index in [2.05, 4.69) is 6.92 Å². The van der Waals surface area contributed by atoms with Crippen LogP contribution in [0.25, 0.3) is 0 Å². The van der Waals surface area contributed by atoms with Gasteiger partial charge < -0.3 is 0 Å². The molecule has 0 amide bonds. The fourth-order valence-electron chi connectivity index (χ4n) is 0.522. The van der Waals surface area contributed by atoms with Crippen molar-refractivity contribution in [1.82, 2.24) is 0 Å². The number of rotatable bonds is 0. The van der Waals surface area contributed by atoms with E-state index in [1.54, 1.807) is 18.2 Å². The highest BCUT2D eigenvalue weighted by Crippen LogP contribution is 2.19. The number of benzene rings is 1. The third-order valence-corrected chi connectivity index (χ3v) is 1.60. The van der Waals surface area contributed by atoms with Crippen LogP contribution in [0.4, 0.5) is 0 Å². The molecular weight excluding hydrogens is 155 g/mol. The van der Waals surface area contributed by atoms with E-state index in [0.29, 0.717) is 10.0 Å². The smallest absolute Gasteiger partial charge is 0.0452 e. The molecule has 0 nitrogen and oxygen atoms in total. The van der Waals surface area contributed by atoms with Gasteiger partial charge in [-0.05, 0) is 24.6 Å². The number of halogens is 2. The van der Waals surface area contributed by atoms with Gasteiger partial charge in [-0.25, -0.2) is 0 Å². The minimum atomic E-state index is 0.613. The van der Waals surface area contributed by atoms with Crippen molar-refractivity contribution in [2.45, 2.75) is 0 Å². The van der Waals surface area contributed by atoms with Gasteiger partial charge in [0.2, 0.25) is 0 Å². The molecule has 1 aromatic carbocycles. The van der Waals surface area contributed by atoms with Crippen LogP contribution in [-0.4, -0.2) is 0 Å². The average molecular weight is 160 g/mol. The minimum Gasteiger partial charge on any atom is -0.0843 e. The second-order valence-corrected chi connectivity index (χ2v) is 2.58. The summed E-state index contributed by atoms with van der Waals surface area (Å²) in [7, 11) is 0. The van der Waals surface area contributed by atoms with Gasteiger partial charge in [0.15, 0.2) is 0 Å². The molecular formula is C7H5Cl2. The fraction of sp³-hybridized carbons (Fsp3) is 0. The Morgan fingerprint density at radius 2 is 1.89 bits per heavy atom. The molecule has 0 saturated carbocycles. The summed E-state index contributed by atoms with van der Waals surface area (Å²) in [4.78, 5) is 0. The van der Waals surface area contributed by atoms with E-state index < -0.39 is 0 Å². The van der Waals surface area contributed by atoms with Gasteiger partial charge >= 0.3 is 0 Å². The third kappa shape index (κ3) is 1.60. The van der Waals surface area contributed by atoms with Crippen LogP contribution in [0.2, 0.25) is 10.0 Å². The van der Waals surface area contributed by atoms with E-state index >= 15 is 0 Å². The first-order valence-electron chi connectivity index (χ1n) is 2.47. The molecule has 47 valence electrons. The third-order valence-electron chi connectivity index (χ3n) is 1.02. The molecule has 0 bridgehead atoms. The first-order chi connectivity index (χ1) is 4.20. The van der Waals surface area contributed by atoms with Crippen molar-refractivity contribution in [3.05, 3.63) is 40.7 Å². The Bertz CT molecular complexity index is 218. The molecule has 0 N–H and O–H groups in total. The molecule has 0 spiro atoms. The lowest BCUT2D eigenvalue weighted by Crippen LogP contribution is -1.71. The SMILES string of the molecule is [CH2]c1ccc(Cl)cc1Cl. The molecule has 0 heterocycles. The van der Waals surface area contributed by atoms with E-state index in [1.165, 1.54) is 0 Å². The first kappa shape index (κ1) is 6.91. The Kier molecular flexibility index (Phi) is 1.99. The van der Waals surface area contributed by atoms with E-state index in [1.807, 2.05) is 0 Å². The van der Waals surface area contributed by atoms with Gasteiger partial charge in [0.25, 0.3) is 0 Å². The lowest BCUT2D eigenvalue weighted by molar-refractivity contribution is 1.61. The summed E-state index contributed by atoms with van der Waals surface area (Å²) in [5.41, 5.74) is 0.807. The van der Waals surface area contributed by atoms with Crippen molar-refractivity contribution in [2.24, 2.45) is 0 Å². The molecule has 1 radical (unpaired) electrons. The van der Waals surface area contributed by atoms with Crippen molar-refractivity contribution in [1.29, 1.82) is 0 Å². The summed E-state index contributed by atoms with van der Waals surface area (Å²) < 4.78 is 0. The Hall–Kier alpha value is -0.200. The lowest BCUT2D eigenvalue weighted by atomic mass is 10.2. The molecule has 0 unspecified atom stereocenters. The van der Waals surface area contributed by atoms with E-state index in [0.717, 1.165) is 5.56 Å². The largest absolute Gasteiger partial charge is 0.0843 e. The first-order valence-corrected chi connectivity index (χ1v) is 3.23. The quantitative estimate of drug-likeness (QED) is 0.546. The summed E-state index contributed by atoms with van der Waals surface area (Å²) in [5, 5.41) is 1.26. The molecule has 0 fully saturated rings. The van der Waals surface area contributed by atoms with Gasteiger partial charge in [0.1, 0.15) is 0 Å². The topological polar surface area (TPSA) is 0 Å². The molecule has 0 atom stereocenters. The Labute approximate surface area is 64.4 Å². The molecule has 1 rings (SSSR count). The summed E-state index contributed by atoms with van der Waals surface area (Å²) >= 11 is 11.3. The highest BCUT2D eigenvalue weighted by atomic mass is 35.5. The van der Waals surface area contributed by atoms with Gasteiger partial charge in [-0.1, -0.05) is 29.3 Å². The molecule has 0 aliphatic rings. The van der Waals surface area contributed by atoms with Crippen LogP contribution >= 0.6 is 23.2 Å². The normalized spacial score (nSPS) is 9.67. The maximum Gasteiger partial charge on any atom is 0.0452 e. The van der Waals surface area contributed by atoms with Crippen molar-refractivity contribution in [2.75, 3.05) is 0 Å². The van der Waals surface area contributed by atoms with E-state index in [-0.39, 0.29) is 0 Å². The van der Waals surface area contributed by atoms with Crippen LogP contribution in [0.5, 0.6) is 0 Å². The van der Waals surface area contributed by atoms with Gasteiger partial charge in [0.05, 0.1) is 0 Å². The van der Waals surface area contributed by atoms with Gasteiger partial charge in [-0.2, -0.15) is 0 Å². The maximum absolute atomic E-state index is 5.67. The van der Waals surface area contributed by atoms with E-state index in [9.17, 15) is 0 Å². The van der Waals surface area contributed by atoms with Crippen molar-refractivity contribution < 1.29 is 0 Å². The molecule has 2 heteroatoms. The van der Waals surface area contributed by atoms with E-state index in [4.69, 9.17) is 23.2 Å². The second-order valence-electron chi connectivity index (χ2n) is 1.74. The lowest BCUT2D eigenvalue weighted by Gasteiger charge is -1.94. The molecule has 0 aliphatic carbocycles. The van der Waals surface area contributed by atoms with Crippen LogP contribution in [-0.2, 0) is 0 Å². The fourth-order valence-corrected chi connectivity index (χ4v) is 0.930. The zero-order valence-corrected chi connectivity index (χ0v) is 6.21. The molecule has 0 aromatic heterocycles. The highest BCUT2D eigenvalue weighted by molar-refractivity contribution is 6.35. The standard InChI is InChI=1S/C7H5Cl2/c1-5-2-3-6(8)4-7(5)9/h2-4H,1H2. The zero-order chi connectivity index (χ0) is 6.85. The van der Waals surface area contributed by atoms with Gasteiger partial charge in [-0.3, -0.25) is 0 Å². The van der Waals surface area contributed by atoms with Crippen molar-refractivity contribution in [3.8, 4) is 0 Å². The van der Waals surface area contributed by atoms with Gasteiger partial charge in [0, 0.05) is 10.0 Å². The molecule has 1 aromatic rings. The van der Waals surface area contributed by atoms with Crippen LogP contribution in [0.3, 0.4) is 0 Å². The summed E-state index contributed by atoms with van der Waals surface area (Å²) in [6, 6.07) is 5.21. The summed E-state index contributed by atoms with van der Waals surface area (Å²) in [6.07, 6.45) is 0. The van der Waals surface area contributed by atoms with Crippen LogP contribution in [0.15, 0.2) is 18.2 Å². The second kappa shape index (κ2) is 2.59. The minimum absolute atomic E-state index is 0.613. The van der Waals surface area contributed by atoms with Crippen LogP contribution in [0, 0.1) is 6.92 Å². The predicted octanol–water partition coefficient (Wildman–Crippen LogP) is 3.18. The molecule has 0 saturated heterocycles. The number of hydrogen-bond acceptors (Lipinski definition) is 0. The van der Waals surface area contributed by atoms with Gasteiger partial charge in [-0.15, -0.1) is 0 Å².